The molecule has 0 saturated carbocycles. The Morgan fingerprint density at radius 1 is 1.10 bits per heavy atom. The molecule has 0 aromatic heterocycles. The number of guanidine groups is 1. The number of amides is 1. The van der Waals surface area contributed by atoms with Crippen LogP contribution in [0.2, 0.25) is 0 Å². The van der Waals surface area contributed by atoms with E-state index in [0.29, 0.717) is 6.42 Å². The molecule has 2 aromatic carbocycles. The molecular formula is C25H33N5O. The average molecular weight is 420 g/mol. The first-order valence-corrected chi connectivity index (χ1v) is 11.3. The molecule has 1 fully saturated rings. The van der Waals surface area contributed by atoms with E-state index in [-0.39, 0.29) is 11.9 Å². The summed E-state index contributed by atoms with van der Waals surface area (Å²) in [5.41, 5.74) is 5.37. The molecule has 0 radical (unpaired) electrons. The number of para-hydroxylation sites is 1. The zero-order valence-electron chi connectivity index (χ0n) is 18.6. The Balaban J connectivity index is 1.26. The van der Waals surface area contributed by atoms with Gasteiger partial charge in [0.05, 0.1) is 0 Å². The Morgan fingerprint density at radius 2 is 1.87 bits per heavy atom. The molecule has 164 valence electrons. The first kappa shape index (κ1) is 21.2. The van der Waals surface area contributed by atoms with Gasteiger partial charge in [-0.25, -0.2) is 0 Å². The van der Waals surface area contributed by atoms with Crippen LogP contribution in [0.4, 0.5) is 5.69 Å². The van der Waals surface area contributed by atoms with Gasteiger partial charge in [-0.15, -0.1) is 0 Å². The molecule has 6 nitrogen and oxygen atoms in total. The largest absolute Gasteiger partial charge is 0.367 e. The van der Waals surface area contributed by atoms with Crippen LogP contribution >= 0.6 is 0 Å². The number of benzene rings is 2. The first-order chi connectivity index (χ1) is 15.2. The van der Waals surface area contributed by atoms with Crippen LogP contribution in [-0.2, 0) is 24.3 Å². The summed E-state index contributed by atoms with van der Waals surface area (Å²) in [4.78, 5) is 20.6. The minimum atomic E-state index is 0.227. The van der Waals surface area contributed by atoms with Gasteiger partial charge in [-0.3, -0.25) is 9.79 Å². The van der Waals surface area contributed by atoms with E-state index in [4.69, 9.17) is 0 Å². The van der Waals surface area contributed by atoms with Crippen molar-refractivity contribution in [1.29, 1.82) is 0 Å². The number of hydrogen-bond acceptors (Lipinski definition) is 3. The number of fused-ring (bicyclic) bond motifs is 1. The minimum absolute atomic E-state index is 0.227. The number of carbonyl (C=O) groups excluding carboxylic acids is 1. The van der Waals surface area contributed by atoms with Gasteiger partial charge in [0.2, 0.25) is 5.91 Å². The van der Waals surface area contributed by atoms with Gasteiger partial charge in [-0.2, -0.15) is 0 Å². The van der Waals surface area contributed by atoms with Crippen LogP contribution in [0.3, 0.4) is 0 Å². The fourth-order valence-corrected chi connectivity index (χ4v) is 4.46. The van der Waals surface area contributed by atoms with Crippen molar-refractivity contribution >= 4 is 17.6 Å². The molecule has 1 saturated heterocycles. The Hall–Kier alpha value is -3.02. The van der Waals surface area contributed by atoms with Crippen LogP contribution in [0.15, 0.2) is 53.5 Å². The van der Waals surface area contributed by atoms with E-state index in [1.165, 1.54) is 22.4 Å². The standard InChI is InChI=1S/C25H33N5O/c1-3-24(31)30-15-13-22(18-30)28-25(26-2)27-16-19-8-10-20(11-9-19)17-29-14-12-21-6-4-5-7-23(21)29/h4-11,22H,3,12-18H2,1-2H3,(H2,26,27,28). The van der Waals surface area contributed by atoms with Crippen molar-refractivity contribution in [2.75, 3.05) is 31.6 Å². The van der Waals surface area contributed by atoms with Gasteiger partial charge in [0, 0.05) is 57.9 Å². The maximum atomic E-state index is 11.9. The Labute approximate surface area is 185 Å². The van der Waals surface area contributed by atoms with Crippen molar-refractivity contribution < 1.29 is 4.79 Å². The number of rotatable bonds is 6. The zero-order valence-corrected chi connectivity index (χ0v) is 18.6. The molecule has 2 N–H and O–H groups in total. The summed E-state index contributed by atoms with van der Waals surface area (Å²) < 4.78 is 0. The molecule has 0 spiro atoms. The van der Waals surface area contributed by atoms with Gasteiger partial charge in [-0.1, -0.05) is 49.4 Å². The highest BCUT2D eigenvalue weighted by Crippen LogP contribution is 2.28. The molecule has 6 heteroatoms. The third kappa shape index (κ3) is 5.19. The van der Waals surface area contributed by atoms with E-state index in [1.807, 2.05) is 11.8 Å². The summed E-state index contributed by atoms with van der Waals surface area (Å²) in [7, 11) is 1.79. The van der Waals surface area contributed by atoms with E-state index in [2.05, 4.69) is 69.1 Å². The molecule has 0 bridgehead atoms. The van der Waals surface area contributed by atoms with Crippen molar-refractivity contribution in [3.8, 4) is 0 Å². The number of aliphatic imine (C=N–C) groups is 1. The smallest absolute Gasteiger partial charge is 0.222 e. The number of carbonyl (C=O) groups is 1. The van der Waals surface area contributed by atoms with Gasteiger partial charge < -0.3 is 20.4 Å². The van der Waals surface area contributed by atoms with Crippen LogP contribution in [-0.4, -0.2) is 49.5 Å². The second-order valence-electron chi connectivity index (χ2n) is 8.37. The first-order valence-electron chi connectivity index (χ1n) is 11.3. The Bertz CT molecular complexity index is 924. The molecule has 2 aliphatic rings. The van der Waals surface area contributed by atoms with Gasteiger partial charge in [0.25, 0.3) is 0 Å². The molecule has 1 amide bonds. The van der Waals surface area contributed by atoms with Gasteiger partial charge in [-0.05, 0) is 35.6 Å². The van der Waals surface area contributed by atoms with Crippen LogP contribution in [0.25, 0.3) is 0 Å². The van der Waals surface area contributed by atoms with E-state index in [9.17, 15) is 4.79 Å². The summed E-state index contributed by atoms with van der Waals surface area (Å²) in [6.45, 7) is 6.25. The fourth-order valence-electron chi connectivity index (χ4n) is 4.46. The summed E-state index contributed by atoms with van der Waals surface area (Å²) in [6.07, 6.45) is 2.66. The lowest BCUT2D eigenvalue weighted by molar-refractivity contribution is -0.129. The summed E-state index contributed by atoms with van der Waals surface area (Å²) in [5, 5.41) is 6.85. The fraction of sp³-hybridized carbons (Fsp3) is 0.440. The highest BCUT2D eigenvalue weighted by atomic mass is 16.2. The highest BCUT2D eigenvalue weighted by molar-refractivity contribution is 5.80. The van der Waals surface area contributed by atoms with E-state index < -0.39 is 0 Å². The van der Waals surface area contributed by atoms with Crippen molar-refractivity contribution in [3.05, 3.63) is 65.2 Å². The minimum Gasteiger partial charge on any atom is -0.367 e. The lowest BCUT2D eigenvalue weighted by Crippen LogP contribution is -2.44. The van der Waals surface area contributed by atoms with Gasteiger partial charge in [0.1, 0.15) is 0 Å². The van der Waals surface area contributed by atoms with Crippen molar-refractivity contribution in [3.63, 3.8) is 0 Å². The quantitative estimate of drug-likeness (QED) is 0.558. The third-order valence-electron chi connectivity index (χ3n) is 6.25. The Kier molecular flexibility index (Phi) is 6.75. The van der Waals surface area contributed by atoms with E-state index in [1.54, 1.807) is 7.05 Å². The van der Waals surface area contributed by atoms with Crippen LogP contribution in [0.1, 0.15) is 36.5 Å². The zero-order chi connectivity index (χ0) is 21.6. The third-order valence-corrected chi connectivity index (χ3v) is 6.25. The van der Waals surface area contributed by atoms with Crippen molar-refractivity contribution in [1.82, 2.24) is 15.5 Å². The summed E-state index contributed by atoms with van der Waals surface area (Å²) in [5.74, 6) is 1.01. The van der Waals surface area contributed by atoms with Crippen LogP contribution in [0.5, 0.6) is 0 Å². The van der Waals surface area contributed by atoms with E-state index in [0.717, 1.165) is 51.5 Å². The predicted octanol–water partition coefficient (Wildman–Crippen LogP) is 2.93. The molecule has 4 rings (SSSR count). The molecule has 2 aromatic rings. The number of hydrogen-bond donors (Lipinski definition) is 2. The van der Waals surface area contributed by atoms with Crippen LogP contribution in [0, 0.1) is 0 Å². The number of anilines is 1. The highest BCUT2D eigenvalue weighted by Gasteiger charge is 2.25. The van der Waals surface area contributed by atoms with Crippen LogP contribution < -0.4 is 15.5 Å². The normalized spacial score (nSPS) is 18.3. The molecular weight excluding hydrogens is 386 g/mol. The van der Waals surface area contributed by atoms with Gasteiger partial charge >= 0.3 is 0 Å². The molecule has 31 heavy (non-hydrogen) atoms. The topological polar surface area (TPSA) is 60.0 Å². The lowest BCUT2D eigenvalue weighted by Gasteiger charge is -2.20. The number of likely N-dealkylation sites (tertiary alicyclic amines) is 1. The second kappa shape index (κ2) is 9.86. The average Bonchev–Trinajstić information content (AvgIpc) is 3.44. The maximum absolute atomic E-state index is 11.9. The van der Waals surface area contributed by atoms with E-state index >= 15 is 0 Å². The maximum Gasteiger partial charge on any atom is 0.222 e. The number of nitrogens with one attached hydrogen (secondary N) is 2. The SMILES string of the molecule is CCC(=O)N1CCC(NC(=NC)NCc2ccc(CN3CCc4ccccc43)cc2)C1. The summed E-state index contributed by atoms with van der Waals surface area (Å²) in [6, 6.07) is 17.8. The summed E-state index contributed by atoms with van der Waals surface area (Å²) >= 11 is 0. The molecule has 2 aliphatic heterocycles. The van der Waals surface area contributed by atoms with Gasteiger partial charge in [0.15, 0.2) is 5.96 Å². The monoisotopic (exact) mass is 419 g/mol. The van der Waals surface area contributed by atoms with Crippen molar-refractivity contribution in [2.45, 2.75) is 45.3 Å². The second-order valence-corrected chi connectivity index (χ2v) is 8.37. The molecule has 1 atom stereocenters. The molecule has 0 aliphatic carbocycles. The van der Waals surface area contributed by atoms with Crippen molar-refractivity contribution in [2.24, 2.45) is 4.99 Å². The Morgan fingerprint density at radius 3 is 2.65 bits per heavy atom. The lowest BCUT2D eigenvalue weighted by atomic mass is 10.1. The molecule has 2 heterocycles. The number of nitrogens with zero attached hydrogens (tertiary/aromatic N) is 3. The predicted molar refractivity (Wildman–Crippen MR) is 126 cm³/mol. The molecule has 1 unspecified atom stereocenters.